The molecule has 1 atom stereocenters. The summed E-state index contributed by atoms with van der Waals surface area (Å²) in [5.41, 5.74) is 5.45. The monoisotopic (exact) mass is 207 g/mol. The molecule has 0 radical (unpaired) electrons. The summed E-state index contributed by atoms with van der Waals surface area (Å²) in [6.07, 6.45) is 1.97. The van der Waals surface area contributed by atoms with Gasteiger partial charge in [0.15, 0.2) is 17.1 Å². The molecule has 1 aliphatic heterocycles. The minimum Gasteiger partial charge on any atom is -0.485 e. The summed E-state index contributed by atoms with van der Waals surface area (Å²) >= 11 is 0. The van der Waals surface area contributed by atoms with Gasteiger partial charge in [0.1, 0.15) is 6.61 Å². The predicted molar refractivity (Wildman–Crippen MR) is 59.3 cm³/mol. The number of rotatable bonds is 3. The first-order valence-corrected chi connectivity index (χ1v) is 5.40. The van der Waals surface area contributed by atoms with Gasteiger partial charge in [0, 0.05) is 6.54 Å². The SMILES string of the molecule is CCC[C@]1(CN)COc2ccccc2O1. The van der Waals surface area contributed by atoms with Crippen molar-refractivity contribution in [2.45, 2.75) is 25.4 Å². The molecular weight excluding hydrogens is 190 g/mol. The molecule has 1 aromatic carbocycles. The van der Waals surface area contributed by atoms with E-state index in [0.717, 1.165) is 24.3 Å². The van der Waals surface area contributed by atoms with Crippen LogP contribution in [0.4, 0.5) is 0 Å². The van der Waals surface area contributed by atoms with Gasteiger partial charge in [-0.15, -0.1) is 0 Å². The van der Waals surface area contributed by atoms with Crippen molar-refractivity contribution in [1.29, 1.82) is 0 Å². The van der Waals surface area contributed by atoms with Gasteiger partial charge >= 0.3 is 0 Å². The molecule has 15 heavy (non-hydrogen) atoms. The van der Waals surface area contributed by atoms with Crippen molar-refractivity contribution < 1.29 is 9.47 Å². The third kappa shape index (κ3) is 1.92. The number of ether oxygens (including phenoxy) is 2. The van der Waals surface area contributed by atoms with Gasteiger partial charge in [0.25, 0.3) is 0 Å². The first-order valence-electron chi connectivity index (χ1n) is 5.40. The smallest absolute Gasteiger partial charge is 0.162 e. The highest BCUT2D eigenvalue weighted by atomic mass is 16.6. The number of benzene rings is 1. The number of nitrogens with two attached hydrogens (primary N) is 1. The van der Waals surface area contributed by atoms with Gasteiger partial charge in [-0.25, -0.2) is 0 Å². The van der Waals surface area contributed by atoms with Crippen molar-refractivity contribution >= 4 is 0 Å². The van der Waals surface area contributed by atoms with Gasteiger partial charge in [-0.2, -0.15) is 0 Å². The van der Waals surface area contributed by atoms with Crippen molar-refractivity contribution in [1.82, 2.24) is 0 Å². The van der Waals surface area contributed by atoms with Crippen LogP contribution in [0.25, 0.3) is 0 Å². The first-order chi connectivity index (χ1) is 7.29. The molecule has 0 fully saturated rings. The van der Waals surface area contributed by atoms with Gasteiger partial charge in [0.2, 0.25) is 0 Å². The lowest BCUT2D eigenvalue weighted by Gasteiger charge is -2.37. The normalized spacial score (nSPS) is 23.9. The molecular formula is C12H17NO2. The Balaban J connectivity index is 2.22. The van der Waals surface area contributed by atoms with Gasteiger partial charge in [-0.1, -0.05) is 25.5 Å². The number of hydrogen-bond acceptors (Lipinski definition) is 3. The van der Waals surface area contributed by atoms with E-state index in [4.69, 9.17) is 15.2 Å². The molecule has 3 nitrogen and oxygen atoms in total. The fourth-order valence-corrected chi connectivity index (χ4v) is 1.91. The summed E-state index contributed by atoms with van der Waals surface area (Å²) in [7, 11) is 0. The standard InChI is InChI=1S/C12H17NO2/c1-2-7-12(8-13)9-14-10-5-3-4-6-11(10)15-12/h3-6H,2,7-9,13H2,1H3/t12-/m0/s1. The van der Waals surface area contributed by atoms with Gasteiger partial charge in [-0.05, 0) is 18.6 Å². The second-order valence-corrected chi connectivity index (χ2v) is 3.97. The van der Waals surface area contributed by atoms with Crippen LogP contribution in [0.5, 0.6) is 11.5 Å². The lowest BCUT2D eigenvalue weighted by molar-refractivity contribution is -0.00848. The Morgan fingerprint density at radius 3 is 2.73 bits per heavy atom. The molecule has 0 spiro atoms. The van der Waals surface area contributed by atoms with E-state index in [9.17, 15) is 0 Å². The molecule has 82 valence electrons. The molecule has 0 bridgehead atoms. The molecule has 0 aliphatic carbocycles. The van der Waals surface area contributed by atoms with Crippen LogP contribution in [-0.4, -0.2) is 18.8 Å². The number of para-hydroxylation sites is 2. The average molecular weight is 207 g/mol. The highest BCUT2D eigenvalue weighted by Gasteiger charge is 2.35. The van der Waals surface area contributed by atoms with Crippen LogP contribution in [0.2, 0.25) is 0 Å². The van der Waals surface area contributed by atoms with Gasteiger partial charge < -0.3 is 15.2 Å². The van der Waals surface area contributed by atoms with E-state index in [1.165, 1.54) is 0 Å². The van der Waals surface area contributed by atoms with E-state index in [1.807, 2.05) is 24.3 Å². The summed E-state index contributed by atoms with van der Waals surface area (Å²) in [6, 6.07) is 7.73. The van der Waals surface area contributed by atoms with Crippen LogP contribution >= 0.6 is 0 Å². The van der Waals surface area contributed by atoms with Crippen LogP contribution in [-0.2, 0) is 0 Å². The Morgan fingerprint density at radius 2 is 2.07 bits per heavy atom. The Kier molecular flexibility index (Phi) is 2.82. The van der Waals surface area contributed by atoms with E-state index < -0.39 is 0 Å². The minimum atomic E-state index is -0.330. The largest absolute Gasteiger partial charge is 0.485 e. The summed E-state index contributed by atoms with van der Waals surface area (Å²) < 4.78 is 11.6. The van der Waals surface area contributed by atoms with Crippen molar-refractivity contribution in [2.24, 2.45) is 5.73 Å². The summed E-state index contributed by atoms with van der Waals surface area (Å²) in [5, 5.41) is 0. The van der Waals surface area contributed by atoms with Gasteiger partial charge in [-0.3, -0.25) is 0 Å². The van der Waals surface area contributed by atoms with Crippen molar-refractivity contribution in [3.63, 3.8) is 0 Å². The van der Waals surface area contributed by atoms with Crippen molar-refractivity contribution in [2.75, 3.05) is 13.2 Å². The summed E-state index contributed by atoms with van der Waals surface area (Å²) in [6.45, 7) is 3.17. The van der Waals surface area contributed by atoms with Crippen LogP contribution in [0, 0.1) is 0 Å². The predicted octanol–water partition coefficient (Wildman–Crippen LogP) is 1.96. The zero-order chi connectivity index (χ0) is 10.7. The summed E-state index contributed by atoms with van der Waals surface area (Å²) in [4.78, 5) is 0. The lowest BCUT2D eigenvalue weighted by Crippen LogP contribution is -2.50. The Labute approximate surface area is 90.2 Å². The zero-order valence-electron chi connectivity index (χ0n) is 9.03. The maximum absolute atomic E-state index is 5.96. The molecule has 0 aromatic heterocycles. The number of hydrogen-bond donors (Lipinski definition) is 1. The maximum atomic E-state index is 5.96. The van der Waals surface area contributed by atoms with Crippen molar-refractivity contribution in [3.8, 4) is 11.5 Å². The van der Waals surface area contributed by atoms with Crippen LogP contribution in [0.3, 0.4) is 0 Å². The van der Waals surface area contributed by atoms with Crippen molar-refractivity contribution in [3.05, 3.63) is 24.3 Å². The fourth-order valence-electron chi connectivity index (χ4n) is 1.91. The maximum Gasteiger partial charge on any atom is 0.162 e. The highest BCUT2D eigenvalue weighted by Crippen LogP contribution is 2.36. The molecule has 0 saturated heterocycles. The molecule has 1 aromatic rings. The third-order valence-corrected chi connectivity index (χ3v) is 2.74. The first kappa shape index (κ1) is 10.3. The van der Waals surface area contributed by atoms with Crippen LogP contribution in [0.15, 0.2) is 24.3 Å². The second kappa shape index (κ2) is 4.11. The van der Waals surface area contributed by atoms with Crippen LogP contribution < -0.4 is 15.2 Å². The second-order valence-electron chi connectivity index (χ2n) is 3.97. The summed E-state index contributed by atoms with van der Waals surface area (Å²) in [5.74, 6) is 1.63. The van der Waals surface area contributed by atoms with E-state index in [0.29, 0.717) is 13.2 Å². The zero-order valence-corrected chi connectivity index (χ0v) is 9.03. The quantitative estimate of drug-likeness (QED) is 0.824. The molecule has 2 rings (SSSR count). The lowest BCUT2D eigenvalue weighted by atomic mass is 9.98. The highest BCUT2D eigenvalue weighted by molar-refractivity contribution is 5.41. The van der Waals surface area contributed by atoms with E-state index in [2.05, 4.69) is 6.92 Å². The molecule has 0 unspecified atom stereocenters. The fraction of sp³-hybridized carbons (Fsp3) is 0.500. The Morgan fingerprint density at radius 1 is 1.33 bits per heavy atom. The van der Waals surface area contributed by atoms with Gasteiger partial charge in [0.05, 0.1) is 0 Å². The number of fused-ring (bicyclic) bond motifs is 1. The molecule has 0 saturated carbocycles. The van der Waals surface area contributed by atoms with E-state index in [1.54, 1.807) is 0 Å². The molecule has 0 amide bonds. The van der Waals surface area contributed by atoms with Crippen LogP contribution in [0.1, 0.15) is 19.8 Å². The minimum absolute atomic E-state index is 0.330. The average Bonchev–Trinajstić information content (AvgIpc) is 2.29. The third-order valence-electron chi connectivity index (χ3n) is 2.74. The van der Waals surface area contributed by atoms with E-state index >= 15 is 0 Å². The Hall–Kier alpha value is -1.22. The molecule has 2 N–H and O–H groups in total. The molecule has 3 heteroatoms. The molecule has 1 aliphatic rings. The molecule has 1 heterocycles. The van der Waals surface area contributed by atoms with E-state index in [-0.39, 0.29) is 5.60 Å². The topological polar surface area (TPSA) is 44.5 Å². The Bertz CT molecular complexity index is 340.